The van der Waals surface area contributed by atoms with Crippen LogP contribution in [0.5, 0.6) is 0 Å². The van der Waals surface area contributed by atoms with Gasteiger partial charge in [0.05, 0.1) is 12.1 Å². The van der Waals surface area contributed by atoms with Crippen LogP contribution in [0.1, 0.15) is 62.7 Å². The van der Waals surface area contributed by atoms with E-state index in [0.29, 0.717) is 24.7 Å². The predicted molar refractivity (Wildman–Crippen MR) is 72.1 cm³/mol. The highest BCUT2D eigenvalue weighted by molar-refractivity contribution is 5.05. The van der Waals surface area contributed by atoms with E-state index in [9.17, 15) is 5.11 Å². The maximum Gasteiger partial charge on any atom is 0.243 e. The average molecular weight is 281 g/mol. The lowest BCUT2D eigenvalue weighted by molar-refractivity contribution is -0.0365. The fourth-order valence-electron chi connectivity index (χ4n) is 3.29. The van der Waals surface area contributed by atoms with Crippen molar-refractivity contribution in [2.24, 2.45) is 0 Å². The number of aliphatic hydroxyl groups excluding tert-OH is 1. The summed E-state index contributed by atoms with van der Waals surface area (Å²) in [6.07, 6.45) is 6.95. The summed E-state index contributed by atoms with van der Waals surface area (Å²) in [6, 6.07) is -0.0362. The number of aromatic nitrogens is 2. The van der Waals surface area contributed by atoms with Gasteiger partial charge in [-0.3, -0.25) is 0 Å². The second-order valence-electron chi connectivity index (χ2n) is 5.92. The highest BCUT2D eigenvalue weighted by atomic mass is 16.5. The molecule has 1 aliphatic heterocycles. The minimum Gasteiger partial charge on any atom is -0.392 e. The number of ether oxygens (including phenoxy) is 1. The van der Waals surface area contributed by atoms with E-state index in [1.165, 1.54) is 12.8 Å². The molecule has 2 unspecified atom stereocenters. The first-order chi connectivity index (χ1) is 9.73. The van der Waals surface area contributed by atoms with Gasteiger partial charge in [0.15, 0.2) is 0 Å². The van der Waals surface area contributed by atoms with Crippen molar-refractivity contribution >= 4 is 0 Å². The molecule has 6 heteroatoms. The number of hydrogen-bond donors (Lipinski definition) is 2. The first-order valence-electron chi connectivity index (χ1n) is 7.54. The lowest BCUT2D eigenvalue weighted by Crippen LogP contribution is -2.29. The third-order valence-electron chi connectivity index (χ3n) is 4.56. The van der Waals surface area contributed by atoms with Crippen molar-refractivity contribution in [2.75, 3.05) is 13.7 Å². The summed E-state index contributed by atoms with van der Waals surface area (Å²) in [4.78, 5) is 4.56. The molecular weight excluding hydrogens is 258 g/mol. The Morgan fingerprint density at radius 3 is 2.65 bits per heavy atom. The van der Waals surface area contributed by atoms with Crippen molar-refractivity contribution in [3.05, 3.63) is 11.7 Å². The first-order valence-corrected chi connectivity index (χ1v) is 7.54. The second-order valence-corrected chi connectivity index (χ2v) is 5.92. The Bertz CT molecular complexity index is 441. The van der Waals surface area contributed by atoms with E-state index in [4.69, 9.17) is 9.26 Å². The molecule has 2 fully saturated rings. The van der Waals surface area contributed by atoms with Crippen LogP contribution in [-0.4, -0.2) is 35.0 Å². The number of methoxy groups -OCH3 is 1. The molecule has 6 nitrogen and oxygen atoms in total. The molecule has 2 heterocycles. The summed E-state index contributed by atoms with van der Waals surface area (Å²) >= 11 is 0. The quantitative estimate of drug-likeness (QED) is 0.820. The third-order valence-corrected chi connectivity index (χ3v) is 4.56. The van der Waals surface area contributed by atoms with Crippen molar-refractivity contribution in [3.63, 3.8) is 0 Å². The van der Waals surface area contributed by atoms with Crippen LogP contribution in [-0.2, 0) is 10.3 Å². The summed E-state index contributed by atoms with van der Waals surface area (Å²) in [6.45, 7) is 0.581. The van der Waals surface area contributed by atoms with Crippen LogP contribution in [0, 0.1) is 0 Å². The van der Waals surface area contributed by atoms with Crippen LogP contribution in [0.2, 0.25) is 0 Å². The summed E-state index contributed by atoms with van der Waals surface area (Å²) in [5.41, 5.74) is -0.393. The Morgan fingerprint density at radius 1 is 1.30 bits per heavy atom. The second kappa shape index (κ2) is 5.79. The molecule has 20 heavy (non-hydrogen) atoms. The normalized spacial score (nSPS) is 30.3. The number of aliphatic hydroxyl groups is 1. The monoisotopic (exact) mass is 281 g/mol. The molecule has 1 aromatic heterocycles. The Hall–Kier alpha value is -0.980. The molecular formula is C14H23N3O3. The van der Waals surface area contributed by atoms with Gasteiger partial charge in [-0.2, -0.15) is 4.98 Å². The zero-order chi connectivity index (χ0) is 14.0. The van der Waals surface area contributed by atoms with E-state index in [-0.39, 0.29) is 12.1 Å². The van der Waals surface area contributed by atoms with E-state index < -0.39 is 5.60 Å². The number of nitrogens with one attached hydrogen (secondary N) is 1. The molecule has 1 aromatic rings. The van der Waals surface area contributed by atoms with Gasteiger partial charge in [0.1, 0.15) is 5.60 Å². The van der Waals surface area contributed by atoms with E-state index >= 15 is 0 Å². The van der Waals surface area contributed by atoms with Crippen LogP contribution in [0.3, 0.4) is 0 Å². The number of nitrogens with zero attached hydrogens (tertiary/aromatic N) is 2. The van der Waals surface area contributed by atoms with Crippen LogP contribution >= 0.6 is 0 Å². The number of β-amino-alcohol motifs (C(OH)–C–C–N with tert-alkyl or cyclic N) is 1. The Labute approximate surface area is 118 Å². The largest absolute Gasteiger partial charge is 0.392 e. The minimum atomic E-state index is -0.393. The molecule has 0 amide bonds. The zero-order valence-electron chi connectivity index (χ0n) is 12.0. The van der Waals surface area contributed by atoms with E-state index in [0.717, 1.165) is 25.7 Å². The highest BCUT2D eigenvalue weighted by Crippen LogP contribution is 2.38. The molecule has 112 valence electrons. The fourth-order valence-corrected chi connectivity index (χ4v) is 3.29. The van der Waals surface area contributed by atoms with Crippen molar-refractivity contribution in [1.82, 2.24) is 15.5 Å². The van der Waals surface area contributed by atoms with Gasteiger partial charge >= 0.3 is 0 Å². The van der Waals surface area contributed by atoms with Crippen LogP contribution in [0.15, 0.2) is 4.52 Å². The molecule has 0 radical (unpaired) electrons. The molecule has 3 rings (SSSR count). The first kappa shape index (κ1) is 14.0. The summed E-state index contributed by atoms with van der Waals surface area (Å²) in [5.74, 6) is 1.23. The molecule has 2 aliphatic rings. The minimum absolute atomic E-state index is 0.0362. The van der Waals surface area contributed by atoms with Gasteiger partial charge in [0.25, 0.3) is 0 Å². The van der Waals surface area contributed by atoms with Gasteiger partial charge in [0.2, 0.25) is 11.7 Å². The fraction of sp³-hybridized carbons (Fsp3) is 0.857. The lowest BCUT2D eigenvalue weighted by atomic mass is 9.93. The van der Waals surface area contributed by atoms with Crippen molar-refractivity contribution in [2.45, 2.75) is 62.7 Å². The molecule has 0 aromatic carbocycles. The molecule has 1 saturated heterocycles. The van der Waals surface area contributed by atoms with Gasteiger partial charge in [-0.05, 0) is 19.3 Å². The van der Waals surface area contributed by atoms with E-state index in [1.807, 2.05) is 0 Å². The van der Waals surface area contributed by atoms with Gasteiger partial charge in [-0.1, -0.05) is 30.8 Å². The molecule has 1 saturated carbocycles. The van der Waals surface area contributed by atoms with E-state index in [1.54, 1.807) is 7.11 Å². The molecule has 1 aliphatic carbocycles. The maximum absolute atomic E-state index is 9.57. The summed E-state index contributed by atoms with van der Waals surface area (Å²) in [7, 11) is 1.74. The SMILES string of the molecule is COC1(c2noc(C3CC(O)CN3)n2)CCCCCC1. The Balaban J connectivity index is 1.80. The van der Waals surface area contributed by atoms with Crippen molar-refractivity contribution in [3.8, 4) is 0 Å². The molecule has 2 N–H and O–H groups in total. The predicted octanol–water partition coefficient (Wildman–Crippen LogP) is 1.66. The Kier molecular flexibility index (Phi) is 4.05. The van der Waals surface area contributed by atoms with Crippen LogP contribution in [0.4, 0.5) is 0 Å². The van der Waals surface area contributed by atoms with Crippen LogP contribution in [0.25, 0.3) is 0 Å². The smallest absolute Gasteiger partial charge is 0.243 e. The number of rotatable bonds is 3. The summed E-state index contributed by atoms with van der Waals surface area (Å²) in [5, 5.41) is 16.9. The van der Waals surface area contributed by atoms with E-state index in [2.05, 4.69) is 15.5 Å². The maximum atomic E-state index is 9.57. The van der Waals surface area contributed by atoms with Gasteiger partial charge in [-0.25, -0.2) is 0 Å². The molecule has 0 bridgehead atoms. The van der Waals surface area contributed by atoms with Crippen molar-refractivity contribution < 1.29 is 14.4 Å². The molecule has 2 atom stereocenters. The highest BCUT2D eigenvalue weighted by Gasteiger charge is 2.39. The Morgan fingerprint density at radius 2 is 2.05 bits per heavy atom. The zero-order valence-corrected chi connectivity index (χ0v) is 12.0. The standard InChI is InChI=1S/C14H23N3O3/c1-19-14(6-4-2-3-5-7-14)13-16-12(20-17-13)11-8-10(18)9-15-11/h10-11,15,18H,2-9H2,1H3. The van der Waals surface area contributed by atoms with Gasteiger partial charge in [0, 0.05) is 13.7 Å². The lowest BCUT2D eigenvalue weighted by Gasteiger charge is -2.27. The third kappa shape index (κ3) is 2.60. The van der Waals surface area contributed by atoms with Gasteiger partial charge < -0.3 is 19.7 Å². The van der Waals surface area contributed by atoms with Gasteiger partial charge in [-0.15, -0.1) is 0 Å². The molecule has 0 spiro atoms. The number of hydrogen-bond acceptors (Lipinski definition) is 6. The topological polar surface area (TPSA) is 80.4 Å². The average Bonchev–Trinajstić information content (AvgIpc) is 3.03. The van der Waals surface area contributed by atoms with Crippen molar-refractivity contribution in [1.29, 1.82) is 0 Å². The van der Waals surface area contributed by atoms with Crippen LogP contribution < -0.4 is 5.32 Å². The summed E-state index contributed by atoms with van der Waals surface area (Å²) < 4.78 is 11.2.